The molecule has 1 fully saturated rings. The van der Waals surface area contributed by atoms with E-state index in [9.17, 15) is 24.5 Å². The molecule has 31 heavy (non-hydrogen) atoms. The van der Waals surface area contributed by atoms with E-state index in [4.69, 9.17) is 8.83 Å². The van der Waals surface area contributed by atoms with Gasteiger partial charge in [0.05, 0.1) is 17.7 Å². The van der Waals surface area contributed by atoms with Crippen molar-refractivity contribution in [2.45, 2.75) is 13.5 Å². The minimum atomic E-state index is -0.842. The summed E-state index contributed by atoms with van der Waals surface area (Å²) >= 11 is 0. The zero-order chi connectivity index (χ0) is 22.1. The molecule has 1 aliphatic heterocycles. The Morgan fingerprint density at radius 2 is 1.97 bits per heavy atom. The van der Waals surface area contributed by atoms with E-state index >= 15 is 0 Å². The molecular weight excluding hydrogens is 406 g/mol. The molecule has 3 aromatic rings. The lowest BCUT2D eigenvalue weighted by Crippen LogP contribution is -2.53. The highest BCUT2D eigenvalue weighted by Crippen LogP contribution is 2.29. The van der Waals surface area contributed by atoms with Crippen molar-refractivity contribution in [1.82, 2.24) is 10.2 Å². The first-order valence-electron chi connectivity index (χ1n) is 9.10. The van der Waals surface area contributed by atoms with E-state index in [1.807, 2.05) is 0 Å². The van der Waals surface area contributed by atoms with Gasteiger partial charge in [-0.05, 0) is 48.9 Å². The second-order valence-electron chi connectivity index (χ2n) is 6.75. The summed E-state index contributed by atoms with van der Waals surface area (Å²) in [7, 11) is 0. The fourth-order valence-corrected chi connectivity index (χ4v) is 3.15. The van der Waals surface area contributed by atoms with Crippen molar-refractivity contribution in [2.75, 3.05) is 0 Å². The molecule has 2 aromatic heterocycles. The van der Waals surface area contributed by atoms with Crippen molar-refractivity contribution < 1.29 is 28.1 Å². The Morgan fingerprint density at radius 3 is 2.65 bits per heavy atom. The topological polar surface area (TPSA) is 136 Å². The van der Waals surface area contributed by atoms with Gasteiger partial charge in [-0.1, -0.05) is 0 Å². The Bertz CT molecular complexity index is 1240. The van der Waals surface area contributed by atoms with E-state index in [0.29, 0.717) is 22.6 Å². The highest BCUT2D eigenvalue weighted by atomic mass is 16.6. The average Bonchev–Trinajstić information content (AvgIpc) is 3.40. The third kappa shape index (κ3) is 3.86. The largest absolute Gasteiger partial charge is 0.467 e. The first-order valence-corrected chi connectivity index (χ1v) is 9.10. The number of hydrogen-bond acceptors (Lipinski definition) is 7. The van der Waals surface area contributed by atoms with Crippen molar-refractivity contribution in [3.63, 3.8) is 0 Å². The van der Waals surface area contributed by atoms with Gasteiger partial charge < -0.3 is 8.83 Å². The van der Waals surface area contributed by atoms with Crippen LogP contribution in [0.15, 0.2) is 63.1 Å². The molecule has 10 heteroatoms. The minimum Gasteiger partial charge on any atom is -0.467 e. The van der Waals surface area contributed by atoms with E-state index in [1.54, 1.807) is 37.3 Å². The van der Waals surface area contributed by atoms with Crippen LogP contribution >= 0.6 is 0 Å². The Balaban J connectivity index is 1.61. The number of carbonyl (C=O) groups is 3. The molecular formula is C21H15N3O7. The summed E-state index contributed by atoms with van der Waals surface area (Å²) < 4.78 is 10.9. The van der Waals surface area contributed by atoms with Crippen LogP contribution < -0.4 is 5.32 Å². The highest BCUT2D eigenvalue weighted by Gasteiger charge is 2.36. The molecule has 156 valence electrons. The van der Waals surface area contributed by atoms with Crippen LogP contribution in [-0.4, -0.2) is 27.7 Å². The van der Waals surface area contributed by atoms with Crippen LogP contribution in [-0.2, 0) is 16.1 Å². The number of urea groups is 1. The summed E-state index contributed by atoms with van der Waals surface area (Å²) in [5.41, 5.74) is 0.946. The Morgan fingerprint density at radius 1 is 1.16 bits per heavy atom. The van der Waals surface area contributed by atoms with Gasteiger partial charge in [0.2, 0.25) is 0 Å². The maximum atomic E-state index is 12.7. The number of barbiturate groups is 1. The van der Waals surface area contributed by atoms with Crippen LogP contribution in [0.2, 0.25) is 0 Å². The molecule has 0 atom stereocenters. The number of nitrogens with one attached hydrogen (secondary N) is 1. The number of aryl methyl sites for hydroxylation is 1. The number of nitrogens with zero attached hydrogens (tertiary/aromatic N) is 2. The van der Waals surface area contributed by atoms with Crippen LogP contribution in [0.4, 0.5) is 10.5 Å². The van der Waals surface area contributed by atoms with E-state index in [-0.39, 0.29) is 23.6 Å². The van der Waals surface area contributed by atoms with Gasteiger partial charge in [0.25, 0.3) is 17.5 Å². The van der Waals surface area contributed by atoms with Gasteiger partial charge in [0.15, 0.2) is 0 Å². The quantitative estimate of drug-likeness (QED) is 0.288. The monoisotopic (exact) mass is 421 g/mol. The maximum absolute atomic E-state index is 12.7. The van der Waals surface area contributed by atoms with Gasteiger partial charge in [-0.25, -0.2) is 4.79 Å². The molecule has 0 saturated carbocycles. The molecule has 1 aliphatic rings. The standard InChI is InChI=1S/C21H15N3O7/c1-12-9-13(24(28)29)4-6-16(12)18-7-5-14(31-18)10-17-19(25)22-21(27)23(20(17)26)11-15-3-2-8-30-15/h2-10H,11H2,1H3,(H,22,25,27). The van der Waals surface area contributed by atoms with Crippen molar-refractivity contribution >= 4 is 29.6 Å². The third-order valence-electron chi connectivity index (χ3n) is 4.68. The molecule has 4 rings (SSSR count). The summed E-state index contributed by atoms with van der Waals surface area (Å²) in [6.07, 6.45) is 2.65. The third-order valence-corrected chi connectivity index (χ3v) is 4.68. The molecule has 4 amide bonds. The van der Waals surface area contributed by atoms with Crippen molar-refractivity contribution in [1.29, 1.82) is 0 Å². The van der Waals surface area contributed by atoms with Gasteiger partial charge in [0, 0.05) is 17.7 Å². The molecule has 1 N–H and O–H groups in total. The van der Waals surface area contributed by atoms with Gasteiger partial charge in [0.1, 0.15) is 22.9 Å². The Labute approximate surface area is 174 Å². The molecule has 3 heterocycles. The normalized spacial score (nSPS) is 15.5. The van der Waals surface area contributed by atoms with Crippen molar-refractivity contribution in [2.24, 2.45) is 0 Å². The minimum absolute atomic E-state index is 0.0408. The fourth-order valence-electron chi connectivity index (χ4n) is 3.15. The number of hydrogen-bond donors (Lipinski definition) is 1. The lowest BCUT2D eigenvalue weighted by atomic mass is 10.1. The molecule has 0 spiro atoms. The predicted molar refractivity (Wildman–Crippen MR) is 106 cm³/mol. The fraction of sp³-hybridized carbons (Fsp3) is 0.0952. The summed E-state index contributed by atoms with van der Waals surface area (Å²) in [6.45, 7) is 1.58. The van der Waals surface area contributed by atoms with Crippen LogP contribution in [0.5, 0.6) is 0 Å². The zero-order valence-electron chi connectivity index (χ0n) is 16.2. The van der Waals surface area contributed by atoms with E-state index in [1.165, 1.54) is 24.5 Å². The Hall–Kier alpha value is -4.47. The number of imide groups is 2. The molecule has 0 radical (unpaired) electrons. The first kappa shape index (κ1) is 19.8. The van der Waals surface area contributed by atoms with Gasteiger partial charge >= 0.3 is 6.03 Å². The number of rotatable bonds is 5. The van der Waals surface area contributed by atoms with Crippen LogP contribution in [0, 0.1) is 17.0 Å². The second-order valence-corrected chi connectivity index (χ2v) is 6.75. The Kier molecular flexibility index (Phi) is 4.96. The van der Waals surface area contributed by atoms with Gasteiger partial charge in [-0.3, -0.25) is 29.9 Å². The number of amides is 4. The van der Waals surface area contributed by atoms with Gasteiger partial charge in [-0.15, -0.1) is 0 Å². The molecule has 0 unspecified atom stereocenters. The average molecular weight is 421 g/mol. The van der Waals surface area contributed by atoms with E-state index < -0.39 is 22.8 Å². The number of nitro groups is 1. The van der Waals surface area contributed by atoms with E-state index in [2.05, 4.69) is 5.32 Å². The zero-order valence-corrected chi connectivity index (χ0v) is 16.2. The highest BCUT2D eigenvalue weighted by molar-refractivity contribution is 6.30. The SMILES string of the molecule is Cc1cc([N+](=O)[O-])ccc1-c1ccc(C=C2C(=O)NC(=O)N(Cc3ccco3)C2=O)o1. The lowest BCUT2D eigenvalue weighted by molar-refractivity contribution is -0.384. The molecule has 10 nitrogen and oxygen atoms in total. The van der Waals surface area contributed by atoms with Crippen LogP contribution in [0.25, 0.3) is 17.4 Å². The summed E-state index contributed by atoms with van der Waals surface area (Å²) in [6, 6.07) is 9.90. The second kappa shape index (κ2) is 7.75. The number of benzene rings is 1. The molecule has 1 saturated heterocycles. The summed E-state index contributed by atoms with van der Waals surface area (Å²) in [5, 5.41) is 13.0. The van der Waals surface area contributed by atoms with Gasteiger partial charge in [-0.2, -0.15) is 0 Å². The smallest absolute Gasteiger partial charge is 0.331 e. The maximum Gasteiger partial charge on any atom is 0.331 e. The van der Waals surface area contributed by atoms with Crippen molar-refractivity contribution in [3.8, 4) is 11.3 Å². The number of nitro benzene ring substituents is 1. The van der Waals surface area contributed by atoms with Crippen LogP contribution in [0.3, 0.4) is 0 Å². The molecule has 1 aromatic carbocycles. The number of furan rings is 2. The summed E-state index contributed by atoms with van der Waals surface area (Å²) in [5.74, 6) is -0.624. The molecule has 0 bridgehead atoms. The van der Waals surface area contributed by atoms with Crippen molar-refractivity contribution in [3.05, 3.63) is 81.5 Å². The molecule has 0 aliphatic carbocycles. The lowest BCUT2D eigenvalue weighted by Gasteiger charge is -2.25. The number of carbonyl (C=O) groups excluding carboxylic acids is 3. The summed E-state index contributed by atoms with van der Waals surface area (Å²) in [4.78, 5) is 48.3. The van der Waals surface area contributed by atoms with Crippen LogP contribution in [0.1, 0.15) is 17.1 Å². The van der Waals surface area contributed by atoms with E-state index in [0.717, 1.165) is 4.90 Å². The predicted octanol–water partition coefficient (Wildman–Crippen LogP) is 3.42. The number of non-ortho nitro benzene ring substituents is 1. The first-order chi connectivity index (χ1) is 14.8.